The van der Waals surface area contributed by atoms with Gasteiger partial charge in [-0.3, -0.25) is 9.59 Å². The largest absolute Gasteiger partial charge is 0.493 e. The lowest BCUT2D eigenvalue weighted by Crippen LogP contribution is -2.39. The van der Waals surface area contributed by atoms with Gasteiger partial charge in [-0.05, 0) is 54.7 Å². The number of esters is 1. The highest BCUT2D eigenvalue weighted by Gasteiger charge is 2.36. The van der Waals surface area contributed by atoms with E-state index in [2.05, 4.69) is 6.07 Å². The molecule has 1 aromatic heterocycles. The van der Waals surface area contributed by atoms with Gasteiger partial charge in [-0.1, -0.05) is 25.0 Å². The number of thiazole rings is 1. The molecule has 2 aliphatic rings. The third-order valence-electron chi connectivity index (χ3n) is 7.10. The van der Waals surface area contributed by atoms with Gasteiger partial charge in [0.25, 0.3) is 5.91 Å². The van der Waals surface area contributed by atoms with E-state index in [-0.39, 0.29) is 30.3 Å². The molecule has 2 atom stereocenters. The van der Waals surface area contributed by atoms with E-state index in [4.69, 9.17) is 19.2 Å². The van der Waals surface area contributed by atoms with Crippen molar-refractivity contribution in [3.8, 4) is 11.5 Å². The van der Waals surface area contributed by atoms with Crippen LogP contribution in [0.25, 0.3) is 10.2 Å². The first kappa shape index (κ1) is 23.6. The molecule has 1 saturated carbocycles. The fourth-order valence-corrected chi connectivity index (χ4v) is 6.35. The third-order valence-corrected chi connectivity index (χ3v) is 8.27. The molecular weight excluding hydrogens is 464 g/mol. The molecule has 0 spiro atoms. The van der Waals surface area contributed by atoms with Crippen LogP contribution < -0.4 is 9.47 Å². The van der Waals surface area contributed by atoms with E-state index in [1.807, 2.05) is 30.3 Å². The fraction of sp³-hybridized carbons (Fsp3) is 0.444. The highest BCUT2D eigenvalue weighted by Crippen LogP contribution is 2.41. The normalized spacial score (nSPS) is 19.8. The molecule has 2 unspecified atom stereocenters. The third kappa shape index (κ3) is 4.85. The highest BCUT2D eigenvalue weighted by atomic mass is 32.1. The summed E-state index contributed by atoms with van der Waals surface area (Å²) in [6.07, 6.45) is 4.47. The van der Waals surface area contributed by atoms with E-state index in [0.717, 1.165) is 58.5 Å². The Balaban J connectivity index is 1.22. The van der Waals surface area contributed by atoms with Crippen molar-refractivity contribution >= 4 is 33.4 Å². The Kier molecular flexibility index (Phi) is 6.90. The maximum Gasteiger partial charge on any atom is 0.310 e. The average Bonchev–Trinajstić information content (AvgIpc) is 3.34. The summed E-state index contributed by atoms with van der Waals surface area (Å²) in [6, 6.07) is 12.0. The zero-order valence-corrected chi connectivity index (χ0v) is 20.9. The molecule has 0 N–H and O–H groups in total. The van der Waals surface area contributed by atoms with Crippen LogP contribution in [0.4, 0.5) is 0 Å². The Morgan fingerprint density at radius 3 is 2.57 bits per heavy atom. The van der Waals surface area contributed by atoms with Crippen molar-refractivity contribution in [3.05, 3.63) is 52.5 Å². The maximum absolute atomic E-state index is 13.1. The van der Waals surface area contributed by atoms with Gasteiger partial charge in [0.2, 0.25) is 0 Å². The van der Waals surface area contributed by atoms with E-state index in [9.17, 15) is 9.59 Å². The average molecular weight is 495 g/mol. The van der Waals surface area contributed by atoms with E-state index in [1.54, 1.807) is 30.5 Å². The summed E-state index contributed by atoms with van der Waals surface area (Å²) < 4.78 is 17.5. The number of amides is 1. The Morgan fingerprint density at radius 1 is 1.06 bits per heavy atom. The van der Waals surface area contributed by atoms with Gasteiger partial charge in [0.15, 0.2) is 18.1 Å². The Labute approximate surface area is 209 Å². The Morgan fingerprint density at radius 2 is 1.80 bits per heavy atom. The predicted octanol–water partition coefficient (Wildman–Crippen LogP) is 4.72. The number of hydrogen-bond donors (Lipinski definition) is 0. The number of benzene rings is 2. The summed E-state index contributed by atoms with van der Waals surface area (Å²) in [5, 5.41) is 0.996. The van der Waals surface area contributed by atoms with Crippen LogP contribution >= 0.6 is 11.3 Å². The standard InChI is InChI=1S/C27H30N2O5S/c1-32-22-13-17-11-12-29(15-18(17)14-23(22)33-2)25(30)16-34-27(31)20-8-4-3-7-19(20)26-28-21-9-5-6-10-24(21)35-26/h5-6,9-10,13-14,19-20H,3-4,7-8,11-12,15-16H2,1-2H3. The van der Waals surface area contributed by atoms with Gasteiger partial charge in [0.1, 0.15) is 0 Å². The summed E-state index contributed by atoms with van der Waals surface area (Å²) in [4.78, 5) is 32.6. The van der Waals surface area contributed by atoms with Gasteiger partial charge >= 0.3 is 5.97 Å². The zero-order valence-electron chi connectivity index (χ0n) is 20.1. The topological polar surface area (TPSA) is 78.0 Å². The van der Waals surface area contributed by atoms with Crippen molar-refractivity contribution in [2.24, 2.45) is 5.92 Å². The van der Waals surface area contributed by atoms with E-state index >= 15 is 0 Å². The molecule has 35 heavy (non-hydrogen) atoms. The second kappa shape index (κ2) is 10.2. The van der Waals surface area contributed by atoms with Crippen LogP contribution in [-0.4, -0.2) is 49.1 Å². The lowest BCUT2D eigenvalue weighted by Gasteiger charge is -2.31. The van der Waals surface area contributed by atoms with E-state index < -0.39 is 0 Å². The lowest BCUT2D eigenvalue weighted by atomic mass is 9.79. The monoisotopic (exact) mass is 494 g/mol. The molecule has 0 saturated heterocycles. The number of carbonyl (C=O) groups is 2. The molecule has 184 valence electrons. The smallest absolute Gasteiger partial charge is 0.310 e. The number of hydrogen-bond acceptors (Lipinski definition) is 7. The summed E-state index contributed by atoms with van der Waals surface area (Å²) in [7, 11) is 3.22. The molecule has 1 amide bonds. The molecule has 0 bridgehead atoms. The van der Waals surface area contributed by atoms with Crippen molar-refractivity contribution in [3.63, 3.8) is 0 Å². The molecule has 7 nitrogen and oxygen atoms in total. The van der Waals surface area contributed by atoms with Gasteiger partial charge < -0.3 is 19.1 Å². The number of ether oxygens (including phenoxy) is 3. The molecule has 1 aliphatic heterocycles. The van der Waals surface area contributed by atoms with Crippen LogP contribution in [0.5, 0.6) is 11.5 Å². The van der Waals surface area contributed by atoms with Crippen molar-refractivity contribution in [1.29, 1.82) is 0 Å². The minimum Gasteiger partial charge on any atom is -0.493 e. The quantitative estimate of drug-likeness (QED) is 0.462. The highest BCUT2D eigenvalue weighted by molar-refractivity contribution is 7.18. The van der Waals surface area contributed by atoms with Crippen molar-refractivity contribution in [1.82, 2.24) is 9.88 Å². The van der Waals surface area contributed by atoms with Crippen LogP contribution in [0.3, 0.4) is 0 Å². The minimum atomic E-state index is -0.286. The summed E-state index contributed by atoms with van der Waals surface area (Å²) in [5.74, 6) is 0.668. The summed E-state index contributed by atoms with van der Waals surface area (Å²) in [5.41, 5.74) is 3.14. The van der Waals surface area contributed by atoms with Crippen LogP contribution in [0, 0.1) is 5.92 Å². The minimum absolute atomic E-state index is 0.0491. The number of carbonyl (C=O) groups excluding carboxylic acids is 2. The Hall–Kier alpha value is -3.13. The Bertz CT molecular complexity index is 1210. The number of rotatable bonds is 6. The van der Waals surface area contributed by atoms with Crippen molar-refractivity contribution in [2.45, 2.75) is 44.6 Å². The van der Waals surface area contributed by atoms with Crippen LogP contribution in [0.2, 0.25) is 0 Å². The number of aromatic nitrogens is 1. The molecule has 2 heterocycles. The van der Waals surface area contributed by atoms with Gasteiger partial charge in [-0.25, -0.2) is 4.98 Å². The van der Waals surface area contributed by atoms with E-state index in [0.29, 0.717) is 24.6 Å². The van der Waals surface area contributed by atoms with E-state index in [1.165, 1.54) is 0 Å². The first-order valence-corrected chi connectivity index (χ1v) is 12.9. The summed E-state index contributed by atoms with van der Waals surface area (Å²) >= 11 is 1.66. The summed E-state index contributed by atoms with van der Waals surface area (Å²) in [6.45, 7) is 0.810. The number of fused-ring (bicyclic) bond motifs is 2. The number of nitrogens with zero attached hydrogens (tertiary/aromatic N) is 2. The zero-order chi connectivity index (χ0) is 24.4. The molecular formula is C27H30N2O5S. The predicted molar refractivity (Wildman–Crippen MR) is 134 cm³/mol. The molecule has 8 heteroatoms. The second-order valence-electron chi connectivity index (χ2n) is 9.17. The lowest BCUT2D eigenvalue weighted by molar-refractivity contribution is -0.157. The number of methoxy groups -OCH3 is 2. The second-order valence-corrected chi connectivity index (χ2v) is 10.2. The molecule has 2 aromatic carbocycles. The fourth-order valence-electron chi connectivity index (χ4n) is 5.18. The first-order chi connectivity index (χ1) is 17.1. The van der Waals surface area contributed by atoms with Gasteiger partial charge in [0, 0.05) is 19.0 Å². The molecule has 3 aromatic rings. The van der Waals surface area contributed by atoms with Crippen LogP contribution in [-0.2, 0) is 27.3 Å². The van der Waals surface area contributed by atoms with Gasteiger partial charge in [0.05, 0.1) is 35.4 Å². The maximum atomic E-state index is 13.1. The SMILES string of the molecule is COc1cc2c(cc1OC)CN(C(=O)COC(=O)C1CCCCC1c1nc3ccccc3s1)CC2. The first-order valence-electron chi connectivity index (χ1n) is 12.1. The number of para-hydroxylation sites is 1. The molecule has 5 rings (SSSR count). The molecule has 1 aliphatic carbocycles. The molecule has 1 fully saturated rings. The van der Waals surface area contributed by atoms with Crippen LogP contribution in [0.1, 0.15) is 47.7 Å². The van der Waals surface area contributed by atoms with Gasteiger partial charge in [-0.2, -0.15) is 0 Å². The van der Waals surface area contributed by atoms with Crippen molar-refractivity contribution in [2.75, 3.05) is 27.4 Å². The van der Waals surface area contributed by atoms with Gasteiger partial charge in [-0.15, -0.1) is 11.3 Å². The van der Waals surface area contributed by atoms with Crippen molar-refractivity contribution < 1.29 is 23.8 Å². The molecule has 0 radical (unpaired) electrons. The van der Waals surface area contributed by atoms with Crippen LogP contribution in [0.15, 0.2) is 36.4 Å².